The third kappa shape index (κ3) is 2.67. The summed E-state index contributed by atoms with van der Waals surface area (Å²) in [6.07, 6.45) is 3.58. The molecule has 0 fully saturated rings. The summed E-state index contributed by atoms with van der Waals surface area (Å²) in [5.74, 6) is 1.63. The lowest BCUT2D eigenvalue weighted by atomic mass is 10.3. The molecule has 0 amide bonds. The van der Waals surface area contributed by atoms with Gasteiger partial charge in [0, 0.05) is 18.9 Å². The highest BCUT2D eigenvalue weighted by Gasteiger charge is 2.04. The molecule has 4 heteroatoms. The van der Waals surface area contributed by atoms with Crippen LogP contribution in [-0.2, 0) is 13.1 Å². The second-order valence-electron chi connectivity index (χ2n) is 3.71. The number of rotatable bonds is 4. The Labute approximate surface area is 94.7 Å². The fourth-order valence-corrected chi connectivity index (χ4v) is 1.43. The minimum atomic E-state index is 0.650. The van der Waals surface area contributed by atoms with Crippen LogP contribution in [0.15, 0.2) is 28.9 Å². The van der Waals surface area contributed by atoms with Crippen molar-refractivity contribution in [3.63, 3.8) is 0 Å². The maximum atomic E-state index is 5.47. The maximum absolute atomic E-state index is 5.47. The van der Waals surface area contributed by atoms with Gasteiger partial charge in [0.25, 0.3) is 0 Å². The second-order valence-corrected chi connectivity index (χ2v) is 3.71. The van der Waals surface area contributed by atoms with Crippen LogP contribution in [0.25, 0.3) is 0 Å². The number of oxazole rings is 1. The maximum Gasteiger partial charge on any atom is 0.208 e. The van der Waals surface area contributed by atoms with Gasteiger partial charge in [-0.15, -0.1) is 0 Å². The quantitative estimate of drug-likeness (QED) is 0.850. The van der Waals surface area contributed by atoms with Gasteiger partial charge in [0.1, 0.15) is 5.76 Å². The predicted octanol–water partition coefficient (Wildman–Crippen LogP) is 1.98. The van der Waals surface area contributed by atoms with Crippen LogP contribution in [0.4, 0.5) is 0 Å². The zero-order valence-corrected chi connectivity index (χ0v) is 9.53. The summed E-state index contributed by atoms with van der Waals surface area (Å²) in [5.41, 5.74) is 2.16. The number of nitrogens with one attached hydrogen (secondary N) is 1. The number of aryl methyl sites for hydroxylation is 2. The highest BCUT2D eigenvalue weighted by molar-refractivity contribution is 5.09. The molecule has 0 unspecified atom stereocenters. The molecule has 0 aromatic carbocycles. The summed E-state index contributed by atoms with van der Waals surface area (Å²) >= 11 is 0. The van der Waals surface area contributed by atoms with Crippen molar-refractivity contribution in [3.05, 3.63) is 47.4 Å². The molecule has 0 radical (unpaired) electrons. The van der Waals surface area contributed by atoms with E-state index >= 15 is 0 Å². The lowest BCUT2D eigenvalue weighted by Crippen LogP contribution is -2.12. The molecule has 0 atom stereocenters. The molecule has 2 aromatic rings. The molecule has 0 aliphatic heterocycles. The lowest BCUT2D eigenvalue weighted by Gasteiger charge is -2.01. The van der Waals surface area contributed by atoms with Crippen molar-refractivity contribution in [2.75, 3.05) is 0 Å². The Kier molecular flexibility index (Phi) is 3.31. The van der Waals surface area contributed by atoms with Crippen LogP contribution in [-0.4, -0.2) is 9.97 Å². The van der Waals surface area contributed by atoms with Gasteiger partial charge in [-0.3, -0.25) is 4.98 Å². The van der Waals surface area contributed by atoms with E-state index in [1.807, 2.05) is 26.0 Å². The van der Waals surface area contributed by atoms with Crippen molar-refractivity contribution in [1.82, 2.24) is 15.3 Å². The van der Waals surface area contributed by atoms with Gasteiger partial charge in [0.2, 0.25) is 5.89 Å². The van der Waals surface area contributed by atoms with Crippen molar-refractivity contribution in [1.29, 1.82) is 0 Å². The van der Waals surface area contributed by atoms with Gasteiger partial charge >= 0.3 is 0 Å². The molecular formula is C12H15N3O. The Morgan fingerprint density at radius 1 is 1.19 bits per heavy atom. The fraction of sp³-hybridized carbons (Fsp3) is 0.333. The molecule has 2 aromatic heterocycles. The number of pyridine rings is 1. The lowest BCUT2D eigenvalue weighted by molar-refractivity contribution is 0.448. The Morgan fingerprint density at radius 3 is 2.56 bits per heavy atom. The van der Waals surface area contributed by atoms with Crippen LogP contribution >= 0.6 is 0 Å². The van der Waals surface area contributed by atoms with E-state index in [0.29, 0.717) is 6.54 Å². The van der Waals surface area contributed by atoms with Crippen molar-refractivity contribution < 1.29 is 4.42 Å². The molecule has 0 aliphatic rings. The van der Waals surface area contributed by atoms with Gasteiger partial charge < -0.3 is 9.73 Å². The summed E-state index contributed by atoms with van der Waals surface area (Å²) in [4.78, 5) is 8.27. The molecule has 16 heavy (non-hydrogen) atoms. The SMILES string of the molecule is Cc1nc(CNCc2ccncc2)oc1C. The molecule has 84 valence electrons. The topological polar surface area (TPSA) is 51.0 Å². The average Bonchev–Trinajstić information content (AvgIpc) is 2.60. The molecule has 0 saturated heterocycles. The first kappa shape index (κ1) is 10.8. The summed E-state index contributed by atoms with van der Waals surface area (Å²) in [7, 11) is 0. The van der Waals surface area contributed by atoms with E-state index in [2.05, 4.69) is 15.3 Å². The first-order chi connectivity index (χ1) is 7.75. The summed E-state index contributed by atoms with van der Waals surface area (Å²) < 4.78 is 5.47. The Bertz CT molecular complexity index is 431. The Morgan fingerprint density at radius 2 is 1.94 bits per heavy atom. The van der Waals surface area contributed by atoms with E-state index in [9.17, 15) is 0 Å². The van der Waals surface area contributed by atoms with Crippen LogP contribution in [0.1, 0.15) is 22.9 Å². The predicted molar refractivity (Wildman–Crippen MR) is 60.8 cm³/mol. The third-order valence-corrected chi connectivity index (χ3v) is 2.43. The van der Waals surface area contributed by atoms with E-state index < -0.39 is 0 Å². The minimum absolute atomic E-state index is 0.650. The van der Waals surface area contributed by atoms with Crippen LogP contribution in [0, 0.1) is 13.8 Å². The molecular weight excluding hydrogens is 202 g/mol. The number of aromatic nitrogens is 2. The summed E-state index contributed by atoms with van der Waals surface area (Å²) in [5, 5.41) is 3.27. The van der Waals surface area contributed by atoms with E-state index in [0.717, 1.165) is 23.9 Å². The molecule has 2 heterocycles. The zero-order chi connectivity index (χ0) is 11.4. The van der Waals surface area contributed by atoms with E-state index in [1.165, 1.54) is 5.56 Å². The van der Waals surface area contributed by atoms with Crippen molar-refractivity contribution >= 4 is 0 Å². The average molecular weight is 217 g/mol. The minimum Gasteiger partial charge on any atom is -0.444 e. The number of hydrogen-bond donors (Lipinski definition) is 1. The molecule has 0 spiro atoms. The summed E-state index contributed by atoms with van der Waals surface area (Å²) in [6.45, 7) is 5.32. The molecule has 0 aliphatic carbocycles. The molecule has 0 bridgehead atoms. The molecule has 1 N–H and O–H groups in total. The number of hydrogen-bond acceptors (Lipinski definition) is 4. The van der Waals surface area contributed by atoms with Crippen LogP contribution in [0.2, 0.25) is 0 Å². The van der Waals surface area contributed by atoms with Crippen LogP contribution in [0.3, 0.4) is 0 Å². The van der Waals surface area contributed by atoms with Crippen molar-refractivity contribution in [2.24, 2.45) is 0 Å². The van der Waals surface area contributed by atoms with E-state index in [-0.39, 0.29) is 0 Å². The van der Waals surface area contributed by atoms with E-state index in [1.54, 1.807) is 12.4 Å². The van der Waals surface area contributed by atoms with Gasteiger partial charge in [-0.05, 0) is 31.5 Å². The third-order valence-electron chi connectivity index (χ3n) is 2.43. The molecule has 0 saturated carbocycles. The normalized spacial score (nSPS) is 10.6. The van der Waals surface area contributed by atoms with Gasteiger partial charge in [0.15, 0.2) is 0 Å². The first-order valence-corrected chi connectivity index (χ1v) is 5.28. The fourth-order valence-electron chi connectivity index (χ4n) is 1.43. The monoisotopic (exact) mass is 217 g/mol. The van der Waals surface area contributed by atoms with Crippen LogP contribution < -0.4 is 5.32 Å². The zero-order valence-electron chi connectivity index (χ0n) is 9.53. The van der Waals surface area contributed by atoms with Gasteiger partial charge in [0.05, 0.1) is 12.2 Å². The summed E-state index contributed by atoms with van der Waals surface area (Å²) in [6, 6.07) is 3.97. The van der Waals surface area contributed by atoms with Gasteiger partial charge in [-0.1, -0.05) is 0 Å². The number of nitrogens with zero attached hydrogens (tertiary/aromatic N) is 2. The molecule has 4 nitrogen and oxygen atoms in total. The second kappa shape index (κ2) is 4.90. The Balaban J connectivity index is 1.84. The molecule has 2 rings (SSSR count). The smallest absolute Gasteiger partial charge is 0.208 e. The van der Waals surface area contributed by atoms with Crippen LogP contribution in [0.5, 0.6) is 0 Å². The highest BCUT2D eigenvalue weighted by Crippen LogP contribution is 2.07. The Hall–Kier alpha value is -1.68. The largest absolute Gasteiger partial charge is 0.444 e. The van der Waals surface area contributed by atoms with Crippen molar-refractivity contribution in [2.45, 2.75) is 26.9 Å². The highest BCUT2D eigenvalue weighted by atomic mass is 16.4. The van der Waals surface area contributed by atoms with Gasteiger partial charge in [-0.25, -0.2) is 4.98 Å². The van der Waals surface area contributed by atoms with E-state index in [4.69, 9.17) is 4.42 Å². The van der Waals surface area contributed by atoms with Crippen molar-refractivity contribution in [3.8, 4) is 0 Å². The standard InChI is InChI=1S/C12H15N3O/c1-9-10(2)16-12(15-9)8-14-7-11-3-5-13-6-4-11/h3-6,14H,7-8H2,1-2H3. The van der Waals surface area contributed by atoms with Gasteiger partial charge in [-0.2, -0.15) is 0 Å². The first-order valence-electron chi connectivity index (χ1n) is 5.28.